The zero-order valence-electron chi connectivity index (χ0n) is 19.5. The standard InChI is InChI=1S/C26H29N3O4S/c1-17-16-29(18(2)26(31)27-20-8-6-19-7-11-25(30)23(19)14-20)24-10-9-21(15-22(17)24)34(32,33)28-12-4-3-5-13-28/h6,8-10,14-16,18H,3-5,7,11-13H2,1-2H3,(H,27,31). The first-order valence-corrected chi connectivity index (χ1v) is 13.3. The number of fused-ring (bicyclic) bond motifs is 2. The third-order valence-electron chi connectivity index (χ3n) is 7.05. The summed E-state index contributed by atoms with van der Waals surface area (Å²) in [6.07, 6.45) is 6.01. The molecule has 1 aliphatic heterocycles. The van der Waals surface area contributed by atoms with Crippen molar-refractivity contribution in [2.75, 3.05) is 18.4 Å². The lowest BCUT2D eigenvalue weighted by atomic mass is 10.1. The van der Waals surface area contributed by atoms with Crippen molar-refractivity contribution in [1.29, 1.82) is 0 Å². The highest BCUT2D eigenvalue weighted by atomic mass is 32.2. The molecular weight excluding hydrogens is 450 g/mol. The SMILES string of the molecule is Cc1cn(C(C)C(=O)Nc2ccc3c(c2)C(=O)CC3)c2ccc(S(=O)(=O)N3CCCCC3)cc12. The Morgan fingerprint density at radius 2 is 1.79 bits per heavy atom. The molecule has 1 aromatic heterocycles. The smallest absolute Gasteiger partial charge is 0.247 e. The van der Waals surface area contributed by atoms with Crippen LogP contribution in [0.2, 0.25) is 0 Å². The number of amides is 1. The number of benzene rings is 2. The summed E-state index contributed by atoms with van der Waals surface area (Å²) in [5.74, 6) is -0.0891. The van der Waals surface area contributed by atoms with Crippen LogP contribution in [0.4, 0.5) is 5.69 Å². The minimum Gasteiger partial charge on any atom is -0.335 e. The van der Waals surface area contributed by atoms with Gasteiger partial charge in [0.25, 0.3) is 0 Å². The van der Waals surface area contributed by atoms with E-state index in [4.69, 9.17) is 0 Å². The van der Waals surface area contributed by atoms with Gasteiger partial charge in [0.1, 0.15) is 6.04 Å². The fraction of sp³-hybridized carbons (Fsp3) is 0.385. The maximum atomic E-state index is 13.1. The number of carbonyl (C=O) groups excluding carboxylic acids is 2. The highest BCUT2D eigenvalue weighted by Gasteiger charge is 2.27. The third kappa shape index (κ3) is 3.95. The Morgan fingerprint density at radius 1 is 1.03 bits per heavy atom. The molecule has 7 nitrogen and oxygen atoms in total. The summed E-state index contributed by atoms with van der Waals surface area (Å²) < 4.78 is 29.7. The number of hydrogen-bond acceptors (Lipinski definition) is 4. The predicted octanol–water partition coefficient (Wildman–Crippen LogP) is 4.45. The van der Waals surface area contributed by atoms with Gasteiger partial charge in [0.05, 0.1) is 4.90 Å². The number of ketones is 1. The third-order valence-corrected chi connectivity index (χ3v) is 8.95. The highest BCUT2D eigenvalue weighted by molar-refractivity contribution is 7.89. The van der Waals surface area contributed by atoms with Gasteiger partial charge in [-0.3, -0.25) is 9.59 Å². The van der Waals surface area contributed by atoms with Crippen LogP contribution in [0.1, 0.15) is 60.1 Å². The molecule has 2 heterocycles. The summed E-state index contributed by atoms with van der Waals surface area (Å²) >= 11 is 0. The van der Waals surface area contributed by atoms with Gasteiger partial charge in [-0.1, -0.05) is 12.5 Å². The molecule has 178 valence electrons. The molecule has 1 unspecified atom stereocenters. The summed E-state index contributed by atoms with van der Waals surface area (Å²) in [5.41, 5.74) is 4.04. The molecule has 2 aromatic carbocycles. The Kier molecular flexibility index (Phi) is 5.81. The van der Waals surface area contributed by atoms with Crippen molar-refractivity contribution in [3.63, 3.8) is 0 Å². The lowest BCUT2D eigenvalue weighted by molar-refractivity contribution is -0.118. The van der Waals surface area contributed by atoms with Crippen LogP contribution in [0.25, 0.3) is 10.9 Å². The van der Waals surface area contributed by atoms with Gasteiger partial charge in [-0.05, 0) is 74.6 Å². The quantitative estimate of drug-likeness (QED) is 0.585. The number of aromatic nitrogens is 1. The van der Waals surface area contributed by atoms with E-state index in [2.05, 4.69) is 5.32 Å². The van der Waals surface area contributed by atoms with Crippen LogP contribution in [0.15, 0.2) is 47.5 Å². The minimum absolute atomic E-state index is 0.112. The van der Waals surface area contributed by atoms with Crippen LogP contribution in [0.5, 0.6) is 0 Å². The Bertz CT molecular complexity index is 1400. The number of anilines is 1. The second kappa shape index (κ2) is 8.67. The van der Waals surface area contributed by atoms with Crippen molar-refractivity contribution in [3.8, 4) is 0 Å². The van der Waals surface area contributed by atoms with Gasteiger partial charge < -0.3 is 9.88 Å². The van der Waals surface area contributed by atoms with Crippen LogP contribution in [0.3, 0.4) is 0 Å². The van der Waals surface area contributed by atoms with Gasteiger partial charge in [-0.15, -0.1) is 0 Å². The van der Waals surface area contributed by atoms with Gasteiger partial charge in [-0.25, -0.2) is 8.42 Å². The number of piperidine rings is 1. The zero-order chi connectivity index (χ0) is 24.0. The molecule has 2 aliphatic rings. The normalized spacial score (nSPS) is 17.6. The second-order valence-corrected chi connectivity index (χ2v) is 11.3. The van der Waals surface area contributed by atoms with E-state index in [1.165, 1.54) is 0 Å². The number of aryl methyl sites for hydroxylation is 2. The lowest BCUT2D eigenvalue weighted by Gasteiger charge is -2.26. The topological polar surface area (TPSA) is 88.5 Å². The largest absolute Gasteiger partial charge is 0.335 e. The van der Waals surface area contributed by atoms with E-state index in [0.29, 0.717) is 35.7 Å². The van der Waals surface area contributed by atoms with Crippen molar-refractivity contribution in [2.45, 2.75) is 56.9 Å². The molecular formula is C26H29N3O4S. The lowest BCUT2D eigenvalue weighted by Crippen LogP contribution is -2.35. The zero-order valence-corrected chi connectivity index (χ0v) is 20.3. The highest BCUT2D eigenvalue weighted by Crippen LogP contribution is 2.30. The van der Waals surface area contributed by atoms with Crippen LogP contribution >= 0.6 is 0 Å². The van der Waals surface area contributed by atoms with E-state index < -0.39 is 16.1 Å². The molecule has 0 bridgehead atoms. The number of sulfonamides is 1. The number of nitrogens with one attached hydrogen (secondary N) is 1. The molecule has 1 amide bonds. The molecule has 1 aliphatic carbocycles. The van der Waals surface area contributed by atoms with E-state index in [1.807, 2.05) is 36.7 Å². The summed E-state index contributed by atoms with van der Waals surface area (Å²) in [6.45, 7) is 4.86. The maximum absolute atomic E-state index is 13.1. The number of Topliss-reactive ketones (excluding diaryl/α,β-unsaturated/α-hetero) is 1. The van der Waals surface area contributed by atoms with Crippen molar-refractivity contribution >= 4 is 38.3 Å². The van der Waals surface area contributed by atoms with E-state index in [9.17, 15) is 18.0 Å². The molecule has 3 aromatic rings. The van der Waals surface area contributed by atoms with Gasteiger partial charge in [0.2, 0.25) is 15.9 Å². The molecule has 1 saturated heterocycles. The molecule has 34 heavy (non-hydrogen) atoms. The number of hydrogen-bond donors (Lipinski definition) is 1. The van der Waals surface area contributed by atoms with Crippen LogP contribution in [-0.4, -0.2) is 42.1 Å². The van der Waals surface area contributed by atoms with E-state index >= 15 is 0 Å². The Morgan fingerprint density at radius 3 is 2.56 bits per heavy atom. The molecule has 0 saturated carbocycles. The van der Waals surface area contributed by atoms with Crippen LogP contribution in [-0.2, 0) is 21.2 Å². The minimum atomic E-state index is -3.53. The van der Waals surface area contributed by atoms with Gasteiger partial charge >= 0.3 is 0 Å². The second-order valence-electron chi connectivity index (χ2n) is 9.32. The van der Waals surface area contributed by atoms with Crippen LogP contribution < -0.4 is 5.32 Å². The monoisotopic (exact) mass is 479 g/mol. The summed E-state index contributed by atoms with van der Waals surface area (Å²) in [5, 5.41) is 3.75. The summed E-state index contributed by atoms with van der Waals surface area (Å²) in [6, 6.07) is 10.1. The predicted molar refractivity (Wildman–Crippen MR) is 132 cm³/mol. The van der Waals surface area contributed by atoms with Crippen molar-refractivity contribution in [3.05, 3.63) is 59.3 Å². The fourth-order valence-electron chi connectivity index (χ4n) is 5.03. The molecule has 1 atom stereocenters. The molecule has 1 N–H and O–H groups in total. The van der Waals surface area contributed by atoms with Gasteiger partial charge in [-0.2, -0.15) is 4.31 Å². The van der Waals surface area contributed by atoms with Gasteiger partial charge in [0, 0.05) is 47.9 Å². The maximum Gasteiger partial charge on any atom is 0.247 e. The molecule has 0 spiro atoms. The summed E-state index contributed by atoms with van der Waals surface area (Å²) in [4.78, 5) is 25.4. The molecule has 1 fully saturated rings. The fourth-order valence-corrected chi connectivity index (χ4v) is 6.57. The Balaban J connectivity index is 1.41. The first-order valence-electron chi connectivity index (χ1n) is 11.8. The van der Waals surface area contributed by atoms with Crippen LogP contribution in [0, 0.1) is 6.92 Å². The van der Waals surface area contributed by atoms with E-state index in [1.54, 1.807) is 28.6 Å². The van der Waals surface area contributed by atoms with Gasteiger partial charge in [0.15, 0.2) is 5.78 Å². The van der Waals surface area contributed by atoms with Crippen molar-refractivity contribution in [1.82, 2.24) is 8.87 Å². The van der Waals surface area contributed by atoms with Crippen molar-refractivity contribution in [2.24, 2.45) is 0 Å². The Hall–Kier alpha value is -2.97. The van der Waals surface area contributed by atoms with E-state index in [-0.39, 0.29) is 11.7 Å². The Labute approximate surface area is 199 Å². The molecule has 8 heteroatoms. The molecule has 5 rings (SSSR count). The van der Waals surface area contributed by atoms with E-state index in [0.717, 1.165) is 47.7 Å². The average molecular weight is 480 g/mol. The number of carbonyl (C=O) groups is 2. The number of nitrogens with zero attached hydrogens (tertiary/aromatic N) is 2. The molecule has 0 radical (unpaired) electrons. The first kappa shape index (κ1) is 22.8. The average Bonchev–Trinajstić information content (AvgIpc) is 3.38. The first-order chi connectivity index (χ1) is 16.3. The van der Waals surface area contributed by atoms with Crippen molar-refractivity contribution < 1.29 is 18.0 Å². The summed E-state index contributed by atoms with van der Waals surface area (Å²) in [7, 11) is -3.53. The number of rotatable bonds is 5.